The van der Waals surface area contributed by atoms with Crippen LogP contribution in [0.2, 0.25) is 0 Å². The van der Waals surface area contributed by atoms with Crippen LogP contribution in [0.4, 0.5) is 0 Å². The summed E-state index contributed by atoms with van der Waals surface area (Å²) in [6.07, 6.45) is 6.08. The molecule has 0 bridgehead atoms. The van der Waals surface area contributed by atoms with Crippen molar-refractivity contribution in [3.05, 3.63) is 0 Å². The van der Waals surface area contributed by atoms with Crippen molar-refractivity contribution < 1.29 is 5.11 Å². The first-order valence-corrected chi connectivity index (χ1v) is 5.90. The lowest BCUT2D eigenvalue weighted by atomic mass is 9.98. The number of nitrogens with two attached hydrogens (primary N) is 1. The summed E-state index contributed by atoms with van der Waals surface area (Å²) in [5.41, 5.74) is 5.43. The van der Waals surface area contributed by atoms with Gasteiger partial charge in [-0.3, -0.25) is 4.90 Å². The minimum absolute atomic E-state index is 0.340. The van der Waals surface area contributed by atoms with Crippen molar-refractivity contribution in [3.63, 3.8) is 0 Å². The van der Waals surface area contributed by atoms with Gasteiger partial charge in [0.15, 0.2) is 0 Å². The summed E-state index contributed by atoms with van der Waals surface area (Å²) in [4.78, 5) is 2.42. The number of aliphatic hydroxyl groups is 1. The molecule has 1 unspecified atom stereocenters. The minimum Gasteiger partial charge on any atom is -0.390 e. The SMILES string of the molecule is CCCC1CCCCN1C[C@@H](O)CN. The van der Waals surface area contributed by atoms with E-state index in [1.807, 2.05) is 0 Å². The minimum atomic E-state index is -0.340. The van der Waals surface area contributed by atoms with E-state index < -0.39 is 0 Å². The monoisotopic (exact) mass is 200 g/mol. The molecular weight excluding hydrogens is 176 g/mol. The molecule has 3 heteroatoms. The molecule has 0 aromatic heterocycles. The first-order chi connectivity index (χ1) is 6.77. The van der Waals surface area contributed by atoms with Crippen LogP contribution in [0.15, 0.2) is 0 Å². The number of hydrogen-bond donors (Lipinski definition) is 2. The number of hydrogen-bond acceptors (Lipinski definition) is 3. The largest absolute Gasteiger partial charge is 0.390 e. The molecule has 1 saturated heterocycles. The molecule has 1 aliphatic rings. The Morgan fingerprint density at radius 2 is 2.29 bits per heavy atom. The fraction of sp³-hybridized carbons (Fsp3) is 1.00. The Bertz CT molecular complexity index is 150. The average molecular weight is 200 g/mol. The molecule has 0 aromatic rings. The standard InChI is InChI=1S/C11H24N2O/c1-2-5-10-6-3-4-7-13(10)9-11(14)8-12/h10-11,14H,2-9,12H2,1H3/t10?,11-/m0/s1. The highest BCUT2D eigenvalue weighted by molar-refractivity contribution is 4.78. The molecule has 1 fully saturated rings. The van der Waals surface area contributed by atoms with Gasteiger partial charge >= 0.3 is 0 Å². The second-order valence-electron chi connectivity index (χ2n) is 4.32. The van der Waals surface area contributed by atoms with E-state index in [9.17, 15) is 5.11 Å². The normalized spacial score (nSPS) is 26.4. The smallest absolute Gasteiger partial charge is 0.0789 e. The average Bonchev–Trinajstić information content (AvgIpc) is 2.21. The zero-order valence-corrected chi connectivity index (χ0v) is 9.28. The predicted octanol–water partition coefficient (Wildman–Crippen LogP) is 0.961. The summed E-state index contributed by atoms with van der Waals surface area (Å²) < 4.78 is 0. The summed E-state index contributed by atoms with van der Waals surface area (Å²) >= 11 is 0. The van der Waals surface area contributed by atoms with Crippen molar-refractivity contribution in [2.75, 3.05) is 19.6 Å². The van der Waals surface area contributed by atoms with Crippen LogP contribution in [0, 0.1) is 0 Å². The maximum Gasteiger partial charge on any atom is 0.0789 e. The molecule has 1 aliphatic heterocycles. The van der Waals surface area contributed by atoms with Crippen molar-refractivity contribution in [1.82, 2.24) is 4.90 Å². The first-order valence-electron chi connectivity index (χ1n) is 5.90. The van der Waals surface area contributed by atoms with Crippen LogP contribution in [0.25, 0.3) is 0 Å². The zero-order chi connectivity index (χ0) is 10.4. The first kappa shape index (κ1) is 12.0. The molecule has 1 rings (SSSR count). The van der Waals surface area contributed by atoms with E-state index in [0.717, 1.165) is 13.1 Å². The van der Waals surface area contributed by atoms with Gasteiger partial charge < -0.3 is 10.8 Å². The molecule has 84 valence electrons. The van der Waals surface area contributed by atoms with Crippen molar-refractivity contribution in [1.29, 1.82) is 0 Å². The van der Waals surface area contributed by atoms with Gasteiger partial charge in [0.05, 0.1) is 6.10 Å². The molecule has 3 nitrogen and oxygen atoms in total. The topological polar surface area (TPSA) is 49.5 Å². The summed E-state index contributed by atoms with van der Waals surface area (Å²) in [7, 11) is 0. The molecule has 2 atom stereocenters. The van der Waals surface area contributed by atoms with Gasteiger partial charge in [-0.25, -0.2) is 0 Å². The Balaban J connectivity index is 2.37. The van der Waals surface area contributed by atoms with Crippen molar-refractivity contribution in [3.8, 4) is 0 Å². The summed E-state index contributed by atoms with van der Waals surface area (Å²) in [5.74, 6) is 0. The second kappa shape index (κ2) is 6.38. The van der Waals surface area contributed by atoms with Crippen LogP contribution >= 0.6 is 0 Å². The second-order valence-corrected chi connectivity index (χ2v) is 4.32. The number of β-amino-alcohol motifs (C(OH)–C–C–N with tert-alkyl or cyclic N) is 1. The summed E-state index contributed by atoms with van der Waals surface area (Å²) in [5, 5.41) is 9.53. The molecular formula is C11H24N2O. The molecule has 0 aliphatic carbocycles. The van der Waals surface area contributed by atoms with E-state index in [1.54, 1.807) is 0 Å². The van der Waals surface area contributed by atoms with E-state index in [-0.39, 0.29) is 6.10 Å². The highest BCUT2D eigenvalue weighted by Gasteiger charge is 2.22. The maximum atomic E-state index is 9.53. The molecule has 0 saturated carbocycles. The molecule has 0 spiro atoms. The number of rotatable bonds is 5. The van der Waals surface area contributed by atoms with Gasteiger partial charge in [-0.15, -0.1) is 0 Å². The lowest BCUT2D eigenvalue weighted by molar-refractivity contribution is 0.0679. The molecule has 0 aromatic carbocycles. The Morgan fingerprint density at radius 1 is 1.50 bits per heavy atom. The van der Waals surface area contributed by atoms with Crippen LogP contribution in [0.5, 0.6) is 0 Å². The van der Waals surface area contributed by atoms with E-state index >= 15 is 0 Å². The van der Waals surface area contributed by atoms with E-state index in [4.69, 9.17) is 5.73 Å². The lowest BCUT2D eigenvalue weighted by Crippen LogP contribution is -2.45. The van der Waals surface area contributed by atoms with Gasteiger partial charge in [-0.05, 0) is 25.8 Å². The van der Waals surface area contributed by atoms with Crippen LogP contribution in [-0.2, 0) is 0 Å². The predicted molar refractivity (Wildman–Crippen MR) is 59.2 cm³/mol. The Morgan fingerprint density at radius 3 is 2.93 bits per heavy atom. The molecule has 3 N–H and O–H groups in total. The summed E-state index contributed by atoms with van der Waals surface area (Å²) in [6.45, 7) is 4.52. The number of likely N-dealkylation sites (tertiary alicyclic amines) is 1. The third-order valence-electron chi connectivity index (χ3n) is 3.09. The van der Waals surface area contributed by atoms with Gasteiger partial charge in [0.25, 0.3) is 0 Å². The molecule has 0 radical (unpaired) electrons. The number of aliphatic hydroxyl groups excluding tert-OH is 1. The fourth-order valence-corrected chi connectivity index (χ4v) is 2.31. The number of nitrogens with zero attached hydrogens (tertiary/aromatic N) is 1. The van der Waals surface area contributed by atoms with Crippen LogP contribution < -0.4 is 5.73 Å². The van der Waals surface area contributed by atoms with E-state index in [1.165, 1.54) is 32.1 Å². The fourth-order valence-electron chi connectivity index (χ4n) is 2.31. The van der Waals surface area contributed by atoms with Gasteiger partial charge in [0.1, 0.15) is 0 Å². The van der Waals surface area contributed by atoms with Crippen molar-refractivity contribution in [2.45, 2.75) is 51.2 Å². The zero-order valence-electron chi connectivity index (χ0n) is 9.28. The maximum absolute atomic E-state index is 9.53. The Hall–Kier alpha value is -0.120. The van der Waals surface area contributed by atoms with Gasteiger partial charge in [0.2, 0.25) is 0 Å². The van der Waals surface area contributed by atoms with Gasteiger partial charge in [-0.2, -0.15) is 0 Å². The quantitative estimate of drug-likeness (QED) is 0.695. The number of piperidine rings is 1. The van der Waals surface area contributed by atoms with Gasteiger partial charge in [0, 0.05) is 19.1 Å². The molecule has 0 amide bonds. The van der Waals surface area contributed by atoms with Crippen molar-refractivity contribution in [2.24, 2.45) is 5.73 Å². The van der Waals surface area contributed by atoms with Crippen LogP contribution in [0.1, 0.15) is 39.0 Å². The van der Waals surface area contributed by atoms with E-state index in [0.29, 0.717) is 12.6 Å². The molecule has 14 heavy (non-hydrogen) atoms. The third-order valence-corrected chi connectivity index (χ3v) is 3.09. The highest BCUT2D eigenvalue weighted by atomic mass is 16.3. The Labute approximate surface area is 87.3 Å². The lowest BCUT2D eigenvalue weighted by Gasteiger charge is -2.36. The van der Waals surface area contributed by atoms with Crippen LogP contribution in [-0.4, -0.2) is 41.8 Å². The third kappa shape index (κ3) is 3.56. The molecule has 1 heterocycles. The van der Waals surface area contributed by atoms with Crippen molar-refractivity contribution >= 4 is 0 Å². The van der Waals surface area contributed by atoms with E-state index in [2.05, 4.69) is 11.8 Å². The highest BCUT2D eigenvalue weighted by Crippen LogP contribution is 2.20. The van der Waals surface area contributed by atoms with Crippen LogP contribution in [0.3, 0.4) is 0 Å². The Kier molecular flexibility index (Phi) is 5.45. The van der Waals surface area contributed by atoms with Gasteiger partial charge in [-0.1, -0.05) is 19.8 Å². The summed E-state index contributed by atoms with van der Waals surface area (Å²) in [6, 6.07) is 0.690.